The molecule has 0 aliphatic carbocycles. The maximum absolute atomic E-state index is 12.8. The number of nitrogens with zero attached hydrogens (tertiary/aromatic N) is 1. The largest absolute Gasteiger partial charge is 0.402 e. The van der Waals surface area contributed by atoms with Crippen LogP contribution in [-0.4, -0.2) is 31.5 Å². The van der Waals surface area contributed by atoms with Gasteiger partial charge in [-0.2, -0.15) is 17.5 Å². The van der Waals surface area contributed by atoms with Crippen molar-refractivity contribution in [2.45, 2.75) is 50.7 Å². The summed E-state index contributed by atoms with van der Waals surface area (Å²) >= 11 is 4.36. The first kappa shape index (κ1) is 18.9. The molecule has 0 saturated heterocycles. The Kier molecular flexibility index (Phi) is 6.28. The van der Waals surface area contributed by atoms with Crippen molar-refractivity contribution in [3.05, 3.63) is 14.7 Å². The molecule has 0 aliphatic heterocycles. The van der Waals surface area contributed by atoms with E-state index in [2.05, 4.69) is 15.9 Å². The van der Waals surface area contributed by atoms with E-state index in [1.165, 1.54) is 17.4 Å². The topological polar surface area (TPSA) is 37.4 Å². The fourth-order valence-corrected chi connectivity index (χ4v) is 6.24. The van der Waals surface area contributed by atoms with Gasteiger partial charge in [-0.15, -0.1) is 11.3 Å². The lowest BCUT2D eigenvalue weighted by atomic mass is 10.2. The lowest BCUT2D eigenvalue weighted by molar-refractivity contribution is -0.139. The zero-order valence-electron chi connectivity index (χ0n) is 11.9. The quantitative estimate of drug-likeness (QED) is 0.692. The summed E-state index contributed by atoms with van der Waals surface area (Å²) in [5.41, 5.74) is 0. The molecule has 0 unspecified atom stereocenters. The van der Waals surface area contributed by atoms with Crippen molar-refractivity contribution in [1.82, 2.24) is 4.31 Å². The number of sulfonamides is 1. The Labute approximate surface area is 135 Å². The fourth-order valence-electron chi connectivity index (χ4n) is 2.10. The molecular weight excluding hydrogens is 391 g/mol. The Hall–Kier alpha value is -0.120. The zero-order chi connectivity index (χ0) is 16.4. The highest BCUT2D eigenvalue weighted by Gasteiger charge is 2.40. The zero-order valence-corrected chi connectivity index (χ0v) is 15.1. The smallest absolute Gasteiger partial charge is 0.207 e. The maximum Gasteiger partial charge on any atom is 0.402 e. The second-order valence-corrected chi connectivity index (χ2v) is 9.10. The molecule has 1 aromatic rings. The van der Waals surface area contributed by atoms with E-state index in [4.69, 9.17) is 0 Å². The molecule has 0 radical (unpaired) electrons. The first-order chi connectivity index (χ1) is 9.52. The molecule has 0 aliphatic rings. The minimum atomic E-state index is -4.57. The number of aryl methyl sites for hydroxylation is 1. The molecule has 1 heterocycles. The minimum Gasteiger partial charge on any atom is -0.207 e. The molecule has 1 aromatic heterocycles. The molecular formula is C12H17BrF3NO2S2. The predicted octanol–water partition coefficient (Wildman–Crippen LogP) is 4.56. The van der Waals surface area contributed by atoms with Gasteiger partial charge < -0.3 is 0 Å². The van der Waals surface area contributed by atoms with E-state index in [-0.39, 0.29) is 4.90 Å². The van der Waals surface area contributed by atoms with E-state index < -0.39 is 28.8 Å². The average molecular weight is 408 g/mol. The van der Waals surface area contributed by atoms with Crippen molar-refractivity contribution in [2.75, 3.05) is 6.54 Å². The van der Waals surface area contributed by atoms with Gasteiger partial charge in [0.15, 0.2) is 0 Å². The highest BCUT2D eigenvalue weighted by Crippen LogP contribution is 2.34. The van der Waals surface area contributed by atoms with Crippen LogP contribution in [0.5, 0.6) is 0 Å². The van der Waals surface area contributed by atoms with E-state index in [9.17, 15) is 21.6 Å². The predicted molar refractivity (Wildman–Crippen MR) is 81.1 cm³/mol. The summed E-state index contributed by atoms with van der Waals surface area (Å²) in [5, 5.41) is 0. The molecule has 0 atom stereocenters. The third-order valence-electron chi connectivity index (χ3n) is 3.11. The van der Waals surface area contributed by atoms with Crippen LogP contribution in [0.3, 0.4) is 0 Å². The van der Waals surface area contributed by atoms with Gasteiger partial charge in [-0.25, -0.2) is 8.42 Å². The van der Waals surface area contributed by atoms with Gasteiger partial charge in [0, 0.05) is 10.9 Å². The highest BCUT2D eigenvalue weighted by molar-refractivity contribution is 9.11. The van der Waals surface area contributed by atoms with E-state index in [0.717, 1.165) is 0 Å². The van der Waals surface area contributed by atoms with Gasteiger partial charge in [-0.05, 0) is 41.8 Å². The highest BCUT2D eigenvalue weighted by atomic mass is 79.9. The van der Waals surface area contributed by atoms with Crippen LogP contribution < -0.4 is 0 Å². The summed E-state index contributed by atoms with van der Waals surface area (Å²) in [6, 6.07) is 0.691. The molecule has 0 amide bonds. The summed E-state index contributed by atoms with van der Waals surface area (Å²) in [6.45, 7) is 3.49. The number of thiophene rings is 1. The standard InChI is InChI=1S/C12H17BrF3NO2S2/c1-4-9(5-2)17(7-12(14,15)16)21(18,19)10-6-11(13)20-8(10)3/h6,9H,4-5,7H2,1-3H3. The molecule has 122 valence electrons. The summed E-state index contributed by atoms with van der Waals surface area (Å²) in [6.07, 6.45) is -3.91. The van der Waals surface area contributed by atoms with Crippen molar-refractivity contribution < 1.29 is 21.6 Å². The Morgan fingerprint density at radius 2 is 1.86 bits per heavy atom. The van der Waals surface area contributed by atoms with Gasteiger partial charge in [0.25, 0.3) is 0 Å². The molecule has 0 aromatic carbocycles. The summed E-state index contributed by atoms with van der Waals surface area (Å²) in [4.78, 5) is 0.413. The summed E-state index contributed by atoms with van der Waals surface area (Å²) < 4.78 is 64.7. The third-order valence-corrected chi connectivity index (χ3v) is 6.82. The third kappa shape index (κ3) is 4.67. The Balaban J connectivity index is 3.32. The molecule has 9 heteroatoms. The summed E-state index contributed by atoms with van der Waals surface area (Å²) in [5.74, 6) is 0. The van der Waals surface area contributed by atoms with Crippen LogP contribution in [0.4, 0.5) is 13.2 Å². The van der Waals surface area contributed by atoms with Crippen LogP contribution in [0.2, 0.25) is 0 Å². The van der Waals surface area contributed by atoms with E-state index in [1.807, 2.05) is 0 Å². The number of hydrogen-bond donors (Lipinski definition) is 0. The number of rotatable bonds is 6. The van der Waals surface area contributed by atoms with E-state index in [0.29, 0.717) is 25.8 Å². The fraction of sp³-hybridized carbons (Fsp3) is 0.667. The molecule has 0 saturated carbocycles. The molecule has 0 fully saturated rings. The average Bonchev–Trinajstić information content (AvgIpc) is 2.68. The van der Waals surface area contributed by atoms with Gasteiger partial charge in [-0.3, -0.25) is 0 Å². The van der Waals surface area contributed by atoms with Crippen LogP contribution in [0.1, 0.15) is 31.6 Å². The van der Waals surface area contributed by atoms with Gasteiger partial charge in [0.2, 0.25) is 10.0 Å². The van der Waals surface area contributed by atoms with Crippen molar-refractivity contribution in [2.24, 2.45) is 0 Å². The van der Waals surface area contributed by atoms with Crippen molar-refractivity contribution in [3.63, 3.8) is 0 Å². The second kappa shape index (κ2) is 6.97. The molecule has 1 rings (SSSR count). The maximum atomic E-state index is 12.8. The SMILES string of the molecule is CCC(CC)N(CC(F)(F)F)S(=O)(=O)c1cc(Br)sc1C. The summed E-state index contributed by atoms with van der Waals surface area (Å²) in [7, 11) is -4.17. The van der Waals surface area contributed by atoms with E-state index in [1.54, 1.807) is 20.8 Å². The molecule has 0 spiro atoms. The minimum absolute atomic E-state index is 0.0597. The molecule has 0 N–H and O–H groups in total. The van der Waals surface area contributed by atoms with Gasteiger partial charge in [-0.1, -0.05) is 13.8 Å². The van der Waals surface area contributed by atoms with Crippen LogP contribution in [0.15, 0.2) is 14.7 Å². The molecule has 3 nitrogen and oxygen atoms in total. The Morgan fingerprint density at radius 3 is 2.19 bits per heavy atom. The van der Waals surface area contributed by atoms with Crippen molar-refractivity contribution in [1.29, 1.82) is 0 Å². The van der Waals surface area contributed by atoms with Crippen LogP contribution >= 0.6 is 27.3 Å². The first-order valence-electron chi connectivity index (χ1n) is 6.37. The Morgan fingerprint density at radius 1 is 1.33 bits per heavy atom. The van der Waals surface area contributed by atoms with Crippen LogP contribution in [0, 0.1) is 6.92 Å². The Bertz CT molecular complexity index is 580. The van der Waals surface area contributed by atoms with Crippen molar-refractivity contribution in [3.8, 4) is 0 Å². The van der Waals surface area contributed by atoms with Gasteiger partial charge in [0.1, 0.15) is 6.54 Å². The lowest BCUT2D eigenvalue weighted by Crippen LogP contribution is -2.45. The number of halogens is 4. The monoisotopic (exact) mass is 407 g/mol. The number of alkyl halides is 3. The van der Waals surface area contributed by atoms with Crippen LogP contribution in [0.25, 0.3) is 0 Å². The van der Waals surface area contributed by atoms with Gasteiger partial charge >= 0.3 is 6.18 Å². The normalized spacial score (nSPS) is 13.4. The van der Waals surface area contributed by atoms with Gasteiger partial charge in [0.05, 0.1) is 8.68 Å². The van der Waals surface area contributed by atoms with Crippen molar-refractivity contribution >= 4 is 37.3 Å². The molecule has 21 heavy (non-hydrogen) atoms. The second-order valence-electron chi connectivity index (χ2n) is 4.61. The lowest BCUT2D eigenvalue weighted by Gasteiger charge is -2.30. The van der Waals surface area contributed by atoms with Crippen LogP contribution in [-0.2, 0) is 10.0 Å². The first-order valence-corrected chi connectivity index (χ1v) is 9.42. The number of hydrogen-bond acceptors (Lipinski definition) is 3. The van der Waals surface area contributed by atoms with E-state index >= 15 is 0 Å². The molecule has 0 bridgehead atoms.